The van der Waals surface area contributed by atoms with Gasteiger partial charge >= 0.3 is 0 Å². The molecule has 0 saturated heterocycles. The Morgan fingerprint density at radius 1 is 1.15 bits per heavy atom. The molecule has 10 heteroatoms. The summed E-state index contributed by atoms with van der Waals surface area (Å²) in [5.41, 5.74) is 2.63. The molecule has 7 nitrogen and oxygen atoms in total. The summed E-state index contributed by atoms with van der Waals surface area (Å²) in [5, 5.41) is 3.55. The number of aryl methyl sites for hydroxylation is 1. The van der Waals surface area contributed by atoms with E-state index in [0.29, 0.717) is 38.1 Å². The van der Waals surface area contributed by atoms with Crippen molar-refractivity contribution >= 4 is 51.2 Å². The number of carbonyl (C=O) groups is 1. The summed E-state index contributed by atoms with van der Waals surface area (Å²) < 4.78 is 29.9. The van der Waals surface area contributed by atoms with Crippen molar-refractivity contribution in [3.63, 3.8) is 0 Å². The summed E-state index contributed by atoms with van der Waals surface area (Å²) in [7, 11) is -0.758. The van der Waals surface area contributed by atoms with E-state index in [1.54, 1.807) is 63.5 Å². The van der Waals surface area contributed by atoms with Crippen LogP contribution in [0.25, 0.3) is 11.1 Å². The number of hydrogen-bond acceptors (Lipinski definition) is 4. The summed E-state index contributed by atoms with van der Waals surface area (Å²) in [4.78, 5) is 18.1. The maximum absolute atomic E-state index is 13.1. The van der Waals surface area contributed by atoms with Crippen molar-refractivity contribution in [3.8, 4) is 11.1 Å². The number of aromatic nitrogens is 1. The van der Waals surface area contributed by atoms with Crippen molar-refractivity contribution < 1.29 is 13.2 Å². The van der Waals surface area contributed by atoms with Crippen LogP contribution in [0.15, 0.2) is 64.0 Å². The summed E-state index contributed by atoms with van der Waals surface area (Å²) >= 11 is 12.2. The molecule has 172 valence electrons. The fourth-order valence-corrected chi connectivity index (χ4v) is 4.46. The number of nitrogens with one attached hydrogen (secondary N) is 1. The van der Waals surface area contributed by atoms with Crippen molar-refractivity contribution in [1.82, 2.24) is 9.88 Å². The summed E-state index contributed by atoms with van der Waals surface area (Å²) in [6.45, 7) is 1.78. The first-order valence-corrected chi connectivity index (χ1v) is 12.0. The minimum absolute atomic E-state index is 0.0442. The van der Waals surface area contributed by atoms with Gasteiger partial charge in [-0.05, 0) is 42.3 Å². The van der Waals surface area contributed by atoms with E-state index in [2.05, 4.69) is 14.7 Å². The molecular weight excluding hydrogens is 483 g/mol. The maximum Gasteiger partial charge on any atom is 0.284 e. The Morgan fingerprint density at radius 2 is 1.88 bits per heavy atom. The molecule has 0 unspecified atom stereocenters. The van der Waals surface area contributed by atoms with Crippen molar-refractivity contribution in [2.45, 2.75) is 18.2 Å². The van der Waals surface area contributed by atoms with Crippen LogP contribution >= 0.6 is 23.2 Å². The monoisotopic (exact) mass is 504 g/mol. The lowest BCUT2D eigenvalue weighted by atomic mass is 10.1. The van der Waals surface area contributed by atoms with Crippen LogP contribution in [0.1, 0.15) is 11.1 Å². The van der Waals surface area contributed by atoms with E-state index in [1.807, 2.05) is 0 Å². The average Bonchev–Trinajstić information content (AvgIpc) is 2.76. The Balaban J connectivity index is 2.01. The van der Waals surface area contributed by atoms with E-state index in [-0.39, 0.29) is 17.2 Å². The van der Waals surface area contributed by atoms with E-state index in [4.69, 9.17) is 23.2 Å². The van der Waals surface area contributed by atoms with Gasteiger partial charge in [0, 0.05) is 42.1 Å². The van der Waals surface area contributed by atoms with E-state index in [1.165, 1.54) is 23.5 Å². The highest BCUT2D eigenvalue weighted by molar-refractivity contribution is 7.90. The molecular formula is C23H22Cl2N4O3S. The number of pyridine rings is 1. The van der Waals surface area contributed by atoms with Crippen LogP contribution < -0.4 is 5.32 Å². The molecule has 0 atom stereocenters. The zero-order valence-corrected chi connectivity index (χ0v) is 20.5. The molecule has 2 aromatic carbocycles. The van der Waals surface area contributed by atoms with Gasteiger partial charge in [0.15, 0.2) is 0 Å². The van der Waals surface area contributed by atoms with Gasteiger partial charge in [-0.15, -0.1) is 4.40 Å². The maximum atomic E-state index is 13.1. The predicted octanol–water partition coefficient (Wildman–Crippen LogP) is 4.82. The first-order chi connectivity index (χ1) is 15.6. The second-order valence-corrected chi connectivity index (χ2v) is 9.88. The largest absolute Gasteiger partial charge is 0.368 e. The van der Waals surface area contributed by atoms with Crippen molar-refractivity contribution in [2.75, 3.05) is 19.4 Å². The zero-order valence-electron chi connectivity index (χ0n) is 18.2. The van der Waals surface area contributed by atoms with Gasteiger partial charge in [0.2, 0.25) is 5.91 Å². The van der Waals surface area contributed by atoms with Gasteiger partial charge in [-0.1, -0.05) is 47.5 Å². The highest BCUT2D eigenvalue weighted by atomic mass is 35.5. The number of rotatable bonds is 7. The average molecular weight is 505 g/mol. The van der Waals surface area contributed by atoms with Gasteiger partial charge in [0.25, 0.3) is 10.0 Å². The number of hydrogen-bond donors (Lipinski definition) is 1. The molecule has 0 bridgehead atoms. The van der Waals surface area contributed by atoms with Crippen LogP contribution in [-0.4, -0.2) is 44.6 Å². The van der Waals surface area contributed by atoms with Crippen LogP contribution in [-0.2, 0) is 21.2 Å². The Morgan fingerprint density at radius 3 is 2.55 bits per heavy atom. The number of nitrogens with zero attached hydrogens (tertiary/aromatic N) is 3. The number of anilines is 1. The minimum atomic E-state index is -4.09. The first-order valence-electron chi connectivity index (χ1n) is 9.83. The van der Waals surface area contributed by atoms with Gasteiger partial charge < -0.3 is 10.2 Å². The van der Waals surface area contributed by atoms with Crippen molar-refractivity contribution in [2.24, 2.45) is 4.40 Å². The van der Waals surface area contributed by atoms with E-state index >= 15 is 0 Å². The van der Waals surface area contributed by atoms with Crippen LogP contribution in [0.2, 0.25) is 10.2 Å². The molecule has 0 fully saturated rings. The molecule has 1 N–H and O–H groups in total. The molecule has 0 aliphatic heterocycles. The molecule has 0 spiro atoms. The number of amides is 1. The Bertz CT molecular complexity index is 1330. The van der Waals surface area contributed by atoms with Gasteiger partial charge in [0.05, 0.1) is 11.3 Å². The SMILES string of the molecule is Cc1cc(-c2ccc(NC(=O)Cc3ccccc3Cl)cc2S(=O)(=O)N=CN(C)C)cnc1Cl. The third-order valence-corrected chi connectivity index (χ3v) is 6.62. The highest BCUT2D eigenvalue weighted by Crippen LogP contribution is 2.32. The Kier molecular flexibility index (Phi) is 7.73. The standard InChI is InChI=1S/C23H22Cl2N4O3S/c1-15-10-17(13-26-23(15)25)19-9-8-18(12-21(19)33(31,32)27-14-29(2)3)28-22(30)11-16-6-4-5-7-20(16)24/h4-10,12-14H,11H2,1-3H3,(H,28,30). The lowest BCUT2D eigenvalue weighted by molar-refractivity contribution is -0.115. The van der Waals surface area contributed by atoms with Crippen molar-refractivity contribution in [3.05, 3.63) is 76.0 Å². The fourth-order valence-electron chi connectivity index (χ4n) is 2.99. The lowest BCUT2D eigenvalue weighted by Gasteiger charge is -2.13. The van der Waals surface area contributed by atoms with Crippen LogP contribution in [0, 0.1) is 6.92 Å². The Labute approximate surface area is 203 Å². The summed E-state index contributed by atoms with van der Waals surface area (Å²) in [6.07, 6.45) is 2.74. The molecule has 33 heavy (non-hydrogen) atoms. The second-order valence-electron chi connectivity index (χ2n) is 7.52. The Hall–Kier alpha value is -2.94. The molecule has 0 saturated carbocycles. The predicted molar refractivity (Wildman–Crippen MR) is 133 cm³/mol. The van der Waals surface area contributed by atoms with Gasteiger partial charge in [-0.25, -0.2) is 4.98 Å². The minimum Gasteiger partial charge on any atom is -0.368 e. The quantitative estimate of drug-likeness (QED) is 0.282. The number of benzene rings is 2. The fraction of sp³-hybridized carbons (Fsp3) is 0.174. The van der Waals surface area contributed by atoms with E-state index in [9.17, 15) is 13.2 Å². The first kappa shape index (κ1) is 24.7. The molecule has 0 aliphatic carbocycles. The molecule has 3 rings (SSSR count). The molecule has 0 aliphatic rings. The highest BCUT2D eigenvalue weighted by Gasteiger charge is 2.21. The van der Waals surface area contributed by atoms with Crippen LogP contribution in [0.4, 0.5) is 5.69 Å². The third kappa shape index (κ3) is 6.31. The zero-order chi connectivity index (χ0) is 24.2. The molecule has 1 heterocycles. The number of sulfonamides is 1. The number of carbonyl (C=O) groups excluding carboxylic acids is 1. The van der Waals surface area contributed by atoms with Crippen molar-refractivity contribution in [1.29, 1.82) is 0 Å². The summed E-state index contributed by atoms with van der Waals surface area (Å²) in [6, 6.07) is 13.4. The molecule has 0 radical (unpaired) electrons. The summed E-state index contributed by atoms with van der Waals surface area (Å²) in [5.74, 6) is -0.333. The normalized spacial score (nSPS) is 11.5. The smallest absolute Gasteiger partial charge is 0.284 e. The molecule has 1 aromatic heterocycles. The van der Waals surface area contributed by atoms with E-state index in [0.717, 1.165) is 0 Å². The van der Waals surface area contributed by atoms with Crippen LogP contribution in [0.5, 0.6) is 0 Å². The lowest BCUT2D eigenvalue weighted by Crippen LogP contribution is -2.15. The third-order valence-electron chi connectivity index (χ3n) is 4.59. The van der Waals surface area contributed by atoms with Gasteiger partial charge in [-0.2, -0.15) is 8.42 Å². The molecule has 3 aromatic rings. The van der Waals surface area contributed by atoms with Gasteiger partial charge in [0.1, 0.15) is 11.5 Å². The number of halogens is 2. The van der Waals surface area contributed by atoms with Crippen LogP contribution in [0.3, 0.4) is 0 Å². The van der Waals surface area contributed by atoms with Gasteiger partial charge in [-0.3, -0.25) is 4.79 Å². The van der Waals surface area contributed by atoms with E-state index < -0.39 is 10.0 Å². The second kappa shape index (κ2) is 10.3. The molecule has 1 amide bonds. The topological polar surface area (TPSA) is 91.7 Å².